The van der Waals surface area contributed by atoms with E-state index in [4.69, 9.17) is 4.74 Å². The van der Waals surface area contributed by atoms with E-state index in [0.29, 0.717) is 17.3 Å². The van der Waals surface area contributed by atoms with Crippen LogP contribution in [-0.4, -0.2) is 47.4 Å². The first-order chi connectivity index (χ1) is 12.5. The minimum Gasteiger partial charge on any atom is -0.380 e. The van der Waals surface area contributed by atoms with Crippen LogP contribution >= 0.6 is 34.4 Å². The summed E-state index contributed by atoms with van der Waals surface area (Å²) in [5.74, 6) is 0.00491. The van der Waals surface area contributed by atoms with Gasteiger partial charge in [0.25, 0.3) is 5.56 Å². The van der Waals surface area contributed by atoms with E-state index in [2.05, 4.69) is 32.9 Å². The van der Waals surface area contributed by atoms with Crippen LogP contribution < -0.4 is 10.9 Å². The van der Waals surface area contributed by atoms with Gasteiger partial charge in [-0.25, -0.2) is 4.98 Å². The van der Waals surface area contributed by atoms with Crippen molar-refractivity contribution in [2.24, 2.45) is 0 Å². The van der Waals surface area contributed by atoms with Crippen LogP contribution in [0.4, 0.5) is 0 Å². The molecule has 0 unspecified atom stereocenters. The van der Waals surface area contributed by atoms with Gasteiger partial charge in [-0.1, -0.05) is 0 Å². The molecule has 1 aliphatic rings. The molecule has 2 heterocycles. The van der Waals surface area contributed by atoms with Crippen LogP contribution in [0.25, 0.3) is 10.9 Å². The zero-order valence-corrected chi connectivity index (χ0v) is 17.8. The lowest BCUT2D eigenvalue weighted by Gasteiger charge is -2.31. The van der Waals surface area contributed by atoms with Crippen molar-refractivity contribution < 1.29 is 9.53 Å². The number of ketones is 1. The van der Waals surface area contributed by atoms with Crippen molar-refractivity contribution >= 4 is 51.0 Å². The molecular formula is C18H22IN3O3S. The van der Waals surface area contributed by atoms with E-state index in [1.54, 1.807) is 18.9 Å². The zero-order chi connectivity index (χ0) is 18.7. The summed E-state index contributed by atoms with van der Waals surface area (Å²) in [5.41, 5.74) is 0.490. The first kappa shape index (κ1) is 19.8. The first-order valence-electron chi connectivity index (χ1n) is 8.54. The number of hydrogen-bond acceptors (Lipinski definition) is 6. The molecule has 1 aromatic heterocycles. The van der Waals surface area contributed by atoms with Gasteiger partial charge < -0.3 is 10.1 Å². The average molecular weight is 487 g/mol. The number of ether oxygens (including phenoxy) is 1. The summed E-state index contributed by atoms with van der Waals surface area (Å²) in [7, 11) is 1.68. The monoisotopic (exact) mass is 487 g/mol. The standard InChI is InChI=1S/C18H22IN3O3S/c1-25-16-4-3-5-20-15(16)6-11(23)9-22-10-21-14-8-13(19)17(26-2)7-12(14)18(22)24/h7-8,10,15-16,20H,3-6,9H2,1-2H3/t15-,16+/m0/s1. The zero-order valence-electron chi connectivity index (χ0n) is 14.8. The van der Waals surface area contributed by atoms with Gasteiger partial charge in [0.05, 0.1) is 29.9 Å². The van der Waals surface area contributed by atoms with Gasteiger partial charge in [-0.15, -0.1) is 11.8 Å². The highest BCUT2D eigenvalue weighted by atomic mass is 127. The summed E-state index contributed by atoms with van der Waals surface area (Å²) in [6.45, 7) is 0.933. The van der Waals surface area contributed by atoms with E-state index in [9.17, 15) is 9.59 Å². The Kier molecular flexibility index (Phi) is 6.70. The first-order valence-corrected chi connectivity index (χ1v) is 10.8. The Bertz CT molecular complexity index is 871. The van der Waals surface area contributed by atoms with Crippen LogP contribution in [-0.2, 0) is 16.1 Å². The molecular weight excluding hydrogens is 465 g/mol. The minimum atomic E-state index is -0.171. The Morgan fingerprint density at radius 3 is 3.04 bits per heavy atom. The maximum absolute atomic E-state index is 12.8. The quantitative estimate of drug-likeness (QED) is 0.499. The smallest absolute Gasteiger partial charge is 0.261 e. The number of benzene rings is 1. The van der Waals surface area contributed by atoms with Gasteiger partial charge in [-0.2, -0.15) is 0 Å². The lowest BCUT2D eigenvalue weighted by Crippen LogP contribution is -2.47. The second-order valence-corrected chi connectivity index (χ2v) is 8.41. The molecule has 1 fully saturated rings. The van der Waals surface area contributed by atoms with E-state index >= 15 is 0 Å². The third-order valence-electron chi connectivity index (χ3n) is 4.72. The third-order valence-corrected chi connectivity index (χ3v) is 6.75. The van der Waals surface area contributed by atoms with Crippen LogP contribution in [0.5, 0.6) is 0 Å². The highest BCUT2D eigenvalue weighted by Crippen LogP contribution is 2.25. The number of aromatic nitrogens is 2. The Morgan fingerprint density at radius 1 is 1.50 bits per heavy atom. The fourth-order valence-corrected chi connectivity index (χ4v) is 4.94. The van der Waals surface area contributed by atoms with Crippen molar-refractivity contribution in [2.75, 3.05) is 19.9 Å². The predicted molar refractivity (Wildman–Crippen MR) is 112 cm³/mol. The van der Waals surface area contributed by atoms with Crippen LogP contribution in [0.1, 0.15) is 19.3 Å². The predicted octanol–water partition coefficient (Wildman–Crippen LogP) is 2.45. The number of piperidine rings is 1. The molecule has 1 N–H and O–H groups in total. The summed E-state index contributed by atoms with van der Waals surface area (Å²) in [5, 5.41) is 3.90. The van der Waals surface area contributed by atoms with Crippen molar-refractivity contribution in [3.8, 4) is 0 Å². The van der Waals surface area contributed by atoms with Gasteiger partial charge in [0.1, 0.15) is 0 Å². The molecule has 2 aromatic rings. The summed E-state index contributed by atoms with van der Waals surface area (Å²) in [6.07, 6.45) is 5.85. The van der Waals surface area contributed by atoms with Crippen molar-refractivity contribution in [3.63, 3.8) is 0 Å². The maximum Gasteiger partial charge on any atom is 0.261 e. The van der Waals surface area contributed by atoms with E-state index in [0.717, 1.165) is 27.9 Å². The Hall–Kier alpha value is -0.970. The Morgan fingerprint density at radius 2 is 2.31 bits per heavy atom. The topological polar surface area (TPSA) is 73.2 Å². The average Bonchev–Trinajstić information content (AvgIpc) is 2.64. The van der Waals surface area contributed by atoms with E-state index < -0.39 is 0 Å². The largest absolute Gasteiger partial charge is 0.380 e. The number of thioether (sulfide) groups is 1. The van der Waals surface area contributed by atoms with Crippen molar-refractivity contribution in [1.29, 1.82) is 0 Å². The molecule has 0 saturated carbocycles. The number of methoxy groups -OCH3 is 1. The van der Waals surface area contributed by atoms with Crippen LogP contribution in [0.3, 0.4) is 0 Å². The molecule has 0 spiro atoms. The molecule has 1 aliphatic heterocycles. The Labute approximate surface area is 170 Å². The summed E-state index contributed by atoms with van der Waals surface area (Å²) >= 11 is 3.83. The van der Waals surface area contributed by atoms with E-state index in [-0.39, 0.29) is 30.0 Å². The van der Waals surface area contributed by atoms with Crippen LogP contribution in [0.15, 0.2) is 28.2 Å². The lowest BCUT2D eigenvalue weighted by molar-refractivity contribution is -0.121. The maximum atomic E-state index is 12.8. The molecule has 1 aromatic carbocycles. The van der Waals surface area contributed by atoms with E-state index in [1.165, 1.54) is 10.9 Å². The molecule has 6 nitrogen and oxygen atoms in total. The van der Waals surface area contributed by atoms with Gasteiger partial charge in [0, 0.05) is 28.0 Å². The molecule has 3 rings (SSSR count). The highest BCUT2D eigenvalue weighted by molar-refractivity contribution is 14.1. The number of fused-ring (bicyclic) bond motifs is 1. The molecule has 8 heteroatoms. The SMILES string of the molecule is CO[C@@H]1CCCN[C@H]1CC(=O)Cn1cnc2cc(I)c(SC)cc2c1=O. The highest BCUT2D eigenvalue weighted by Gasteiger charge is 2.26. The molecule has 140 valence electrons. The number of nitrogens with one attached hydrogen (secondary N) is 1. The summed E-state index contributed by atoms with van der Waals surface area (Å²) in [4.78, 5) is 30.7. The second-order valence-electron chi connectivity index (χ2n) is 6.40. The number of rotatable bonds is 6. The van der Waals surface area contributed by atoms with Crippen LogP contribution in [0, 0.1) is 3.57 Å². The lowest BCUT2D eigenvalue weighted by atomic mass is 9.96. The van der Waals surface area contributed by atoms with Crippen molar-refractivity contribution in [3.05, 3.63) is 32.4 Å². The van der Waals surface area contributed by atoms with Crippen molar-refractivity contribution in [2.45, 2.75) is 42.8 Å². The molecule has 0 amide bonds. The van der Waals surface area contributed by atoms with Gasteiger partial charge in [-0.05, 0) is 60.4 Å². The third kappa shape index (κ3) is 4.29. The molecule has 1 saturated heterocycles. The van der Waals surface area contributed by atoms with Gasteiger partial charge in [-0.3, -0.25) is 14.2 Å². The molecule has 0 aliphatic carbocycles. The number of Topliss-reactive ketones (excluding diaryl/α,β-unsaturated/α-hetero) is 1. The molecule has 26 heavy (non-hydrogen) atoms. The van der Waals surface area contributed by atoms with Crippen LogP contribution in [0.2, 0.25) is 0 Å². The number of nitrogens with zero attached hydrogens (tertiary/aromatic N) is 2. The second kappa shape index (κ2) is 8.81. The number of halogens is 1. The molecule has 2 atom stereocenters. The number of hydrogen-bond donors (Lipinski definition) is 1. The number of carbonyl (C=O) groups is 1. The number of carbonyl (C=O) groups excluding carboxylic acids is 1. The van der Waals surface area contributed by atoms with Gasteiger partial charge in [0.15, 0.2) is 5.78 Å². The Balaban J connectivity index is 1.80. The van der Waals surface area contributed by atoms with Gasteiger partial charge >= 0.3 is 0 Å². The van der Waals surface area contributed by atoms with Gasteiger partial charge in [0.2, 0.25) is 0 Å². The van der Waals surface area contributed by atoms with Crippen molar-refractivity contribution in [1.82, 2.24) is 14.9 Å². The fourth-order valence-electron chi connectivity index (χ4n) is 3.34. The van der Waals surface area contributed by atoms with E-state index in [1.807, 2.05) is 18.4 Å². The minimum absolute atomic E-state index is 0.00491. The summed E-state index contributed by atoms with van der Waals surface area (Å²) < 4.78 is 7.95. The normalized spacial score (nSPS) is 20.4. The molecule has 0 bridgehead atoms. The molecule has 0 radical (unpaired) electrons. The fraction of sp³-hybridized carbons (Fsp3) is 0.500. The summed E-state index contributed by atoms with van der Waals surface area (Å²) in [6, 6.07) is 3.78.